The molecule has 0 saturated carbocycles. The predicted octanol–water partition coefficient (Wildman–Crippen LogP) is 5.55. The number of nitrogens with one attached hydrogen (secondary N) is 1. The minimum absolute atomic E-state index is 0.0141. The molecule has 2 aromatic rings. The van der Waals surface area contributed by atoms with Crippen molar-refractivity contribution in [3.8, 4) is 11.5 Å². The van der Waals surface area contributed by atoms with Crippen LogP contribution in [0.15, 0.2) is 36.5 Å². The fourth-order valence-corrected chi connectivity index (χ4v) is 5.09. The van der Waals surface area contributed by atoms with Gasteiger partial charge in [0.25, 0.3) is 5.91 Å². The second-order valence-corrected chi connectivity index (χ2v) is 10.3. The van der Waals surface area contributed by atoms with Crippen molar-refractivity contribution in [2.24, 2.45) is 17.8 Å². The largest absolute Gasteiger partial charge is 0.503 e. The zero-order valence-electron chi connectivity index (χ0n) is 22.0. The average Bonchev–Trinajstić information content (AvgIpc) is 2.89. The van der Waals surface area contributed by atoms with E-state index in [1.165, 1.54) is 31.5 Å². The first-order valence-electron chi connectivity index (χ1n) is 12.8. The number of cyclic esters (lactones) is 1. The van der Waals surface area contributed by atoms with Crippen LogP contribution in [0.1, 0.15) is 68.1 Å². The van der Waals surface area contributed by atoms with Crippen LogP contribution in [0.4, 0.5) is 13.2 Å². The molecular weight excluding hydrogens is 501 g/mol. The highest BCUT2D eigenvalue weighted by Crippen LogP contribution is 2.35. The van der Waals surface area contributed by atoms with E-state index in [1.807, 2.05) is 6.92 Å². The Morgan fingerprint density at radius 2 is 1.89 bits per heavy atom. The van der Waals surface area contributed by atoms with Gasteiger partial charge in [0.2, 0.25) is 0 Å². The first-order valence-corrected chi connectivity index (χ1v) is 12.8. The van der Waals surface area contributed by atoms with E-state index >= 15 is 0 Å². The molecule has 1 amide bonds. The van der Waals surface area contributed by atoms with Crippen molar-refractivity contribution in [1.82, 2.24) is 10.3 Å². The molecule has 2 N–H and O–H groups in total. The maximum atomic E-state index is 13.1. The van der Waals surface area contributed by atoms with Crippen molar-refractivity contribution in [3.05, 3.63) is 53.3 Å². The standard InChI is InChI=1S/C28H35F3N2O5/c1-16(2)14-21-17(3)38-27(36)22(33-26(35)24-25(34)23(37-4)12-13-32-24)7-5-6-19(21)15-18-8-10-20(11-9-18)28(29,30)31/h8-13,16-17,19,21-22,34H,5-7,14-15H2,1-4H3,(H,33,35)/t17-,19+,21-,22-/m0/s1. The molecular formula is C28H35F3N2O5. The van der Waals surface area contributed by atoms with E-state index in [9.17, 15) is 27.9 Å². The Bertz CT molecular complexity index is 1100. The number of rotatable bonds is 7. The number of hydrogen-bond donors (Lipinski definition) is 2. The van der Waals surface area contributed by atoms with Crippen molar-refractivity contribution < 1.29 is 37.3 Å². The number of esters is 1. The number of amides is 1. The second kappa shape index (κ2) is 12.5. The van der Waals surface area contributed by atoms with Gasteiger partial charge in [0, 0.05) is 12.3 Å². The lowest BCUT2D eigenvalue weighted by molar-refractivity contribution is -0.154. The Morgan fingerprint density at radius 3 is 2.50 bits per heavy atom. The Kier molecular flexibility index (Phi) is 9.62. The van der Waals surface area contributed by atoms with Crippen LogP contribution >= 0.6 is 0 Å². The van der Waals surface area contributed by atoms with Gasteiger partial charge in [-0.25, -0.2) is 9.78 Å². The van der Waals surface area contributed by atoms with E-state index in [-0.39, 0.29) is 23.3 Å². The summed E-state index contributed by atoms with van der Waals surface area (Å²) < 4.78 is 49.9. The third kappa shape index (κ3) is 7.39. The van der Waals surface area contributed by atoms with Crippen molar-refractivity contribution in [2.75, 3.05) is 7.11 Å². The SMILES string of the molecule is COc1ccnc(C(=O)N[C@H]2CCC[C@H](Cc3ccc(C(F)(F)F)cc3)[C@@H](CC(C)C)[C@H](C)OC2=O)c1O. The molecule has 4 atom stereocenters. The van der Waals surface area contributed by atoms with Crippen LogP contribution in [0.5, 0.6) is 11.5 Å². The van der Waals surface area contributed by atoms with Gasteiger partial charge >= 0.3 is 12.1 Å². The van der Waals surface area contributed by atoms with Crippen molar-refractivity contribution >= 4 is 11.9 Å². The highest BCUT2D eigenvalue weighted by Gasteiger charge is 2.35. The van der Waals surface area contributed by atoms with E-state index in [2.05, 4.69) is 24.1 Å². The third-order valence-electron chi connectivity index (χ3n) is 7.01. The molecule has 1 aliphatic heterocycles. The topological polar surface area (TPSA) is 97.8 Å². The molecule has 0 radical (unpaired) electrons. The summed E-state index contributed by atoms with van der Waals surface area (Å²) >= 11 is 0. The molecule has 1 aromatic carbocycles. The predicted molar refractivity (Wildman–Crippen MR) is 135 cm³/mol. The third-order valence-corrected chi connectivity index (χ3v) is 7.01. The van der Waals surface area contributed by atoms with E-state index in [1.54, 1.807) is 0 Å². The van der Waals surface area contributed by atoms with Gasteiger partial charge in [-0.2, -0.15) is 13.2 Å². The van der Waals surface area contributed by atoms with E-state index < -0.39 is 41.5 Å². The number of ether oxygens (including phenoxy) is 2. The van der Waals surface area contributed by atoms with Crippen LogP contribution in [0.3, 0.4) is 0 Å². The molecule has 0 bridgehead atoms. The van der Waals surface area contributed by atoms with E-state index in [4.69, 9.17) is 9.47 Å². The van der Waals surface area contributed by atoms with Crippen LogP contribution in [0, 0.1) is 17.8 Å². The number of carbonyl (C=O) groups is 2. The summed E-state index contributed by atoms with van der Waals surface area (Å²) in [6, 6.07) is 5.68. The van der Waals surface area contributed by atoms with E-state index in [0.717, 1.165) is 24.1 Å². The lowest BCUT2D eigenvalue weighted by Gasteiger charge is -2.32. The van der Waals surface area contributed by atoms with Crippen LogP contribution in [0.25, 0.3) is 0 Å². The summed E-state index contributed by atoms with van der Waals surface area (Å²) in [4.78, 5) is 29.8. The molecule has 0 aliphatic carbocycles. The molecule has 3 rings (SSSR count). The molecule has 0 spiro atoms. The highest BCUT2D eigenvalue weighted by molar-refractivity contribution is 5.97. The summed E-state index contributed by atoms with van der Waals surface area (Å²) in [7, 11) is 1.35. The normalized spacial score (nSPS) is 22.7. The summed E-state index contributed by atoms with van der Waals surface area (Å²) in [6.07, 6.45) is -0.618. The molecule has 1 aliphatic rings. The number of aromatic hydroxyl groups is 1. The smallest absolute Gasteiger partial charge is 0.416 e. The van der Waals surface area contributed by atoms with Gasteiger partial charge in [0.1, 0.15) is 12.1 Å². The lowest BCUT2D eigenvalue weighted by atomic mass is 9.76. The molecule has 2 heterocycles. The Hall–Kier alpha value is -3.30. The minimum Gasteiger partial charge on any atom is -0.503 e. The number of benzene rings is 1. The zero-order valence-corrected chi connectivity index (χ0v) is 22.0. The Balaban J connectivity index is 1.79. The van der Waals surface area contributed by atoms with Gasteiger partial charge < -0.3 is 19.9 Å². The van der Waals surface area contributed by atoms with Crippen LogP contribution < -0.4 is 10.1 Å². The summed E-state index contributed by atoms with van der Waals surface area (Å²) in [5, 5.41) is 12.9. The quantitative estimate of drug-likeness (QED) is 0.451. The maximum absolute atomic E-state index is 13.1. The number of nitrogens with zero attached hydrogens (tertiary/aromatic N) is 1. The number of aromatic nitrogens is 1. The van der Waals surface area contributed by atoms with Crippen LogP contribution in [0.2, 0.25) is 0 Å². The minimum atomic E-state index is -4.39. The zero-order chi connectivity index (χ0) is 28.0. The monoisotopic (exact) mass is 536 g/mol. The number of hydrogen-bond acceptors (Lipinski definition) is 6. The molecule has 10 heteroatoms. The summed E-state index contributed by atoms with van der Waals surface area (Å²) in [5.41, 5.74) is -0.159. The average molecular weight is 537 g/mol. The number of methoxy groups -OCH3 is 1. The number of carbonyl (C=O) groups excluding carboxylic acids is 2. The van der Waals surface area contributed by atoms with Crippen molar-refractivity contribution in [3.63, 3.8) is 0 Å². The first-order chi connectivity index (χ1) is 17.9. The number of halogens is 3. The highest BCUT2D eigenvalue weighted by atomic mass is 19.4. The van der Waals surface area contributed by atoms with Gasteiger partial charge in [0.05, 0.1) is 12.7 Å². The summed E-state index contributed by atoms with van der Waals surface area (Å²) in [6.45, 7) is 5.98. The fourth-order valence-electron chi connectivity index (χ4n) is 5.09. The van der Waals surface area contributed by atoms with Crippen molar-refractivity contribution in [1.29, 1.82) is 0 Å². The van der Waals surface area contributed by atoms with Crippen molar-refractivity contribution in [2.45, 2.75) is 71.2 Å². The molecule has 208 valence electrons. The summed E-state index contributed by atoms with van der Waals surface area (Å²) in [5.74, 6) is -1.28. The van der Waals surface area contributed by atoms with E-state index in [0.29, 0.717) is 31.6 Å². The van der Waals surface area contributed by atoms with Gasteiger partial charge in [0.15, 0.2) is 17.2 Å². The van der Waals surface area contributed by atoms with Gasteiger partial charge in [-0.15, -0.1) is 0 Å². The molecule has 1 aromatic heterocycles. The molecule has 1 saturated heterocycles. The fraction of sp³-hybridized carbons (Fsp3) is 0.536. The maximum Gasteiger partial charge on any atom is 0.416 e. The van der Waals surface area contributed by atoms with Crippen LogP contribution in [-0.4, -0.2) is 41.2 Å². The Labute approximate surface area is 220 Å². The molecule has 0 unspecified atom stereocenters. The number of pyridine rings is 1. The molecule has 7 nitrogen and oxygen atoms in total. The van der Waals surface area contributed by atoms with Gasteiger partial charge in [-0.1, -0.05) is 32.4 Å². The van der Waals surface area contributed by atoms with Crippen LogP contribution in [-0.2, 0) is 22.1 Å². The Morgan fingerprint density at radius 1 is 1.21 bits per heavy atom. The van der Waals surface area contributed by atoms with Gasteiger partial charge in [-0.3, -0.25) is 4.79 Å². The molecule has 38 heavy (non-hydrogen) atoms. The lowest BCUT2D eigenvalue weighted by Crippen LogP contribution is -2.43. The number of alkyl halides is 3. The first kappa shape index (κ1) is 29.3. The molecule has 1 fully saturated rings. The second-order valence-electron chi connectivity index (χ2n) is 10.3. The van der Waals surface area contributed by atoms with Gasteiger partial charge in [-0.05, 0) is 68.1 Å².